The number of rotatable bonds is 7. The molecule has 0 aromatic carbocycles. The second-order valence-corrected chi connectivity index (χ2v) is 2.73. The van der Waals surface area contributed by atoms with Gasteiger partial charge in [0.1, 0.15) is 0 Å². The summed E-state index contributed by atoms with van der Waals surface area (Å²) in [6.45, 7) is 3.32. The van der Waals surface area contributed by atoms with E-state index in [9.17, 15) is 9.59 Å². The van der Waals surface area contributed by atoms with Crippen molar-refractivity contribution in [1.29, 1.82) is 0 Å². The average Bonchev–Trinajstić information content (AvgIpc) is 2.01. The van der Waals surface area contributed by atoms with Gasteiger partial charge in [-0.25, -0.2) is 0 Å². The van der Waals surface area contributed by atoms with E-state index in [0.29, 0.717) is 13.1 Å². The van der Waals surface area contributed by atoms with E-state index in [1.54, 1.807) is 0 Å². The molecule has 0 aromatic rings. The highest BCUT2D eigenvalue weighted by Gasteiger charge is 1.95. The molecule has 0 aliphatic rings. The lowest BCUT2D eigenvalue weighted by molar-refractivity contribution is -0.136. The fourth-order valence-corrected chi connectivity index (χ4v) is 0.798. The van der Waals surface area contributed by atoms with Gasteiger partial charge in [0.15, 0.2) is 0 Å². The van der Waals surface area contributed by atoms with Crippen molar-refractivity contribution in [2.45, 2.75) is 19.8 Å². The van der Waals surface area contributed by atoms with E-state index in [-0.39, 0.29) is 12.3 Å². The van der Waals surface area contributed by atoms with E-state index < -0.39 is 5.97 Å². The first-order valence-electron chi connectivity index (χ1n) is 4.30. The minimum atomic E-state index is -0.797. The molecule has 0 unspecified atom stereocenters. The minimum absolute atomic E-state index is 0.0365. The van der Waals surface area contributed by atoms with Crippen molar-refractivity contribution in [2.75, 3.05) is 19.6 Å². The fraction of sp³-hybridized carbons (Fsp3) is 0.750. The van der Waals surface area contributed by atoms with Crippen LogP contribution in [0.4, 0.5) is 0 Å². The summed E-state index contributed by atoms with van der Waals surface area (Å²) in [4.78, 5) is 20.5. The summed E-state index contributed by atoms with van der Waals surface area (Å²) in [6, 6.07) is 0. The molecule has 76 valence electrons. The third-order valence-electron chi connectivity index (χ3n) is 1.42. The Kier molecular flexibility index (Phi) is 6.91. The van der Waals surface area contributed by atoms with Gasteiger partial charge in [0.25, 0.3) is 0 Å². The number of hydrogen-bond donors (Lipinski definition) is 3. The molecule has 0 aromatic heterocycles. The number of carbonyl (C=O) groups is 2. The topological polar surface area (TPSA) is 78.4 Å². The summed E-state index contributed by atoms with van der Waals surface area (Å²) in [6.07, 6.45) is 0.958. The number of amides is 1. The normalized spacial score (nSPS) is 9.62. The van der Waals surface area contributed by atoms with E-state index in [1.165, 1.54) is 6.92 Å². The van der Waals surface area contributed by atoms with Gasteiger partial charge in [0.2, 0.25) is 5.91 Å². The molecule has 0 saturated heterocycles. The summed E-state index contributed by atoms with van der Waals surface area (Å²) in [5.74, 6) is -0.833. The van der Waals surface area contributed by atoms with Crippen molar-refractivity contribution in [1.82, 2.24) is 10.6 Å². The zero-order chi connectivity index (χ0) is 10.1. The van der Waals surface area contributed by atoms with Gasteiger partial charge in [-0.3, -0.25) is 9.59 Å². The zero-order valence-corrected chi connectivity index (χ0v) is 7.80. The third kappa shape index (κ3) is 10.9. The first-order chi connectivity index (χ1) is 6.13. The molecule has 0 bridgehead atoms. The second-order valence-electron chi connectivity index (χ2n) is 2.73. The summed E-state index contributed by atoms with van der Waals surface area (Å²) in [5, 5.41) is 13.9. The molecular weight excluding hydrogens is 172 g/mol. The highest BCUT2D eigenvalue weighted by atomic mass is 16.4. The standard InChI is InChI=1S/C8H16N2O3/c1-7(11)10-5-2-4-9-6-3-8(12)13/h9H,2-6H2,1H3,(H,10,11)(H,12,13). The number of carbonyl (C=O) groups excluding carboxylic acids is 1. The minimum Gasteiger partial charge on any atom is -0.481 e. The second kappa shape index (κ2) is 7.54. The predicted molar refractivity (Wildman–Crippen MR) is 48.4 cm³/mol. The van der Waals surface area contributed by atoms with Crippen LogP contribution in [0, 0.1) is 0 Å². The maximum absolute atomic E-state index is 10.4. The Morgan fingerprint density at radius 1 is 1.23 bits per heavy atom. The first-order valence-corrected chi connectivity index (χ1v) is 4.30. The number of aliphatic carboxylic acids is 1. The van der Waals surface area contributed by atoms with Crippen LogP contribution < -0.4 is 10.6 Å². The molecule has 5 nitrogen and oxygen atoms in total. The van der Waals surface area contributed by atoms with E-state index in [1.807, 2.05) is 0 Å². The maximum atomic E-state index is 10.4. The van der Waals surface area contributed by atoms with Gasteiger partial charge < -0.3 is 15.7 Å². The summed E-state index contributed by atoms with van der Waals surface area (Å²) >= 11 is 0. The smallest absolute Gasteiger partial charge is 0.304 e. The van der Waals surface area contributed by atoms with Crippen molar-refractivity contribution in [3.05, 3.63) is 0 Å². The molecule has 0 aliphatic carbocycles. The van der Waals surface area contributed by atoms with Crippen LogP contribution in [0.2, 0.25) is 0 Å². The van der Waals surface area contributed by atoms with E-state index in [4.69, 9.17) is 5.11 Å². The van der Waals surface area contributed by atoms with Gasteiger partial charge in [-0.05, 0) is 13.0 Å². The van der Waals surface area contributed by atoms with Crippen LogP contribution in [0.25, 0.3) is 0 Å². The molecule has 0 aliphatic heterocycles. The lowest BCUT2D eigenvalue weighted by Gasteiger charge is -2.03. The highest BCUT2D eigenvalue weighted by Crippen LogP contribution is 1.77. The lowest BCUT2D eigenvalue weighted by atomic mass is 10.4. The van der Waals surface area contributed by atoms with Crippen LogP contribution in [-0.2, 0) is 9.59 Å². The van der Waals surface area contributed by atoms with Crippen LogP contribution in [0.1, 0.15) is 19.8 Å². The molecule has 0 radical (unpaired) electrons. The van der Waals surface area contributed by atoms with Crippen molar-refractivity contribution < 1.29 is 14.7 Å². The number of carboxylic acid groups (broad SMARTS) is 1. The third-order valence-corrected chi connectivity index (χ3v) is 1.42. The van der Waals surface area contributed by atoms with Gasteiger partial charge in [-0.1, -0.05) is 0 Å². The number of carboxylic acids is 1. The van der Waals surface area contributed by atoms with Gasteiger partial charge in [0, 0.05) is 20.0 Å². The molecule has 3 N–H and O–H groups in total. The van der Waals surface area contributed by atoms with E-state index >= 15 is 0 Å². The van der Waals surface area contributed by atoms with Crippen LogP contribution in [0.3, 0.4) is 0 Å². The van der Waals surface area contributed by atoms with Crippen molar-refractivity contribution >= 4 is 11.9 Å². The first kappa shape index (κ1) is 11.9. The molecular formula is C8H16N2O3. The molecule has 1 amide bonds. The van der Waals surface area contributed by atoms with Crippen LogP contribution >= 0.6 is 0 Å². The quantitative estimate of drug-likeness (QED) is 0.474. The van der Waals surface area contributed by atoms with Gasteiger partial charge >= 0.3 is 5.97 Å². The van der Waals surface area contributed by atoms with Gasteiger partial charge in [-0.2, -0.15) is 0 Å². The highest BCUT2D eigenvalue weighted by molar-refractivity contribution is 5.72. The molecule has 5 heteroatoms. The van der Waals surface area contributed by atoms with E-state index in [2.05, 4.69) is 10.6 Å². The Morgan fingerprint density at radius 2 is 1.92 bits per heavy atom. The molecule has 0 saturated carbocycles. The van der Waals surface area contributed by atoms with Gasteiger partial charge in [0.05, 0.1) is 6.42 Å². The summed E-state index contributed by atoms with van der Waals surface area (Å²) < 4.78 is 0. The monoisotopic (exact) mass is 188 g/mol. The van der Waals surface area contributed by atoms with Crippen LogP contribution in [0.5, 0.6) is 0 Å². The van der Waals surface area contributed by atoms with E-state index in [0.717, 1.165) is 13.0 Å². The van der Waals surface area contributed by atoms with Crippen molar-refractivity contribution in [3.63, 3.8) is 0 Å². The Hall–Kier alpha value is -1.10. The molecule has 0 fully saturated rings. The number of nitrogens with one attached hydrogen (secondary N) is 2. The summed E-state index contributed by atoms with van der Waals surface area (Å²) in [5.41, 5.74) is 0. The molecule has 0 spiro atoms. The summed E-state index contributed by atoms with van der Waals surface area (Å²) in [7, 11) is 0. The van der Waals surface area contributed by atoms with Gasteiger partial charge in [-0.15, -0.1) is 0 Å². The largest absolute Gasteiger partial charge is 0.481 e. The molecule has 0 heterocycles. The Labute approximate surface area is 77.5 Å². The molecule has 0 rings (SSSR count). The number of hydrogen-bond acceptors (Lipinski definition) is 3. The van der Waals surface area contributed by atoms with Crippen molar-refractivity contribution in [2.24, 2.45) is 0 Å². The molecule has 13 heavy (non-hydrogen) atoms. The SMILES string of the molecule is CC(=O)NCCCNCCC(=O)O. The van der Waals surface area contributed by atoms with Crippen LogP contribution in [-0.4, -0.2) is 36.6 Å². The van der Waals surface area contributed by atoms with Crippen molar-refractivity contribution in [3.8, 4) is 0 Å². The Morgan fingerprint density at radius 3 is 2.46 bits per heavy atom. The predicted octanol–water partition coefficient (Wildman–Crippen LogP) is -0.423. The molecule has 0 atom stereocenters. The fourth-order valence-electron chi connectivity index (χ4n) is 0.798. The zero-order valence-electron chi connectivity index (χ0n) is 7.80. The average molecular weight is 188 g/mol. The van der Waals surface area contributed by atoms with Crippen LogP contribution in [0.15, 0.2) is 0 Å². The Balaban J connectivity index is 3.00. The maximum Gasteiger partial charge on any atom is 0.304 e. The Bertz CT molecular complexity index is 153. The lowest BCUT2D eigenvalue weighted by Crippen LogP contribution is -2.26.